The molecule has 100 valence electrons. The Balaban J connectivity index is 1.87. The molecule has 18 heavy (non-hydrogen) atoms. The molecule has 1 aromatic carbocycles. The van der Waals surface area contributed by atoms with Crippen LogP contribution in [0.5, 0.6) is 0 Å². The van der Waals surface area contributed by atoms with E-state index >= 15 is 0 Å². The SMILES string of the molecule is CCCN1CCC(Nc2ccc(Br)cc2Cl)CC1. The summed E-state index contributed by atoms with van der Waals surface area (Å²) < 4.78 is 1.02. The average molecular weight is 332 g/mol. The van der Waals surface area contributed by atoms with Crippen molar-refractivity contribution in [2.24, 2.45) is 0 Å². The fraction of sp³-hybridized carbons (Fsp3) is 0.571. The van der Waals surface area contributed by atoms with E-state index in [4.69, 9.17) is 11.6 Å². The van der Waals surface area contributed by atoms with E-state index in [2.05, 4.69) is 33.1 Å². The maximum absolute atomic E-state index is 6.22. The van der Waals surface area contributed by atoms with E-state index in [0.29, 0.717) is 6.04 Å². The highest BCUT2D eigenvalue weighted by Gasteiger charge is 2.18. The van der Waals surface area contributed by atoms with Crippen LogP contribution in [-0.4, -0.2) is 30.6 Å². The summed E-state index contributed by atoms with van der Waals surface area (Å²) in [5, 5.41) is 4.35. The van der Waals surface area contributed by atoms with Gasteiger partial charge in [0.05, 0.1) is 10.7 Å². The molecule has 4 heteroatoms. The van der Waals surface area contributed by atoms with Gasteiger partial charge >= 0.3 is 0 Å². The molecule has 0 radical (unpaired) electrons. The summed E-state index contributed by atoms with van der Waals surface area (Å²) in [6.45, 7) is 5.86. The van der Waals surface area contributed by atoms with Gasteiger partial charge in [0.15, 0.2) is 0 Å². The molecular weight excluding hydrogens is 312 g/mol. The van der Waals surface area contributed by atoms with E-state index in [9.17, 15) is 0 Å². The van der Waals surface area contributed by atoms with Crippen LogP contribution in [0.25, 0.3) is 0 Å². The first kappa shape index (κ1) is 14.2. The van der Waals surface area contributed by atoms with E-state index in [-0.39, 0.29) is 0 Å². The quantitative estimate of drug-likeness (QED) is 0.880. The zero-order chi connectivity index (χ0) is 13.0. The Morgan fingerprint density at radius 3 is 2.72 bits per heavy atom. The number of hydrogen-bond acceptors (Lipinski definition) is 2. The molecule has 1 N–H and O–H groups in total. The van der Waals surface area contributed by atoms with Crippen molar-refractivity contribution in [1.82, 2.24) is 4.90 Å². The Kier molecular flexibility index (Phi) is 5.34. The first-order valence-corrected chi connectivity index (χ1v) is 7.80. The minimum absolute atomic E-state index is 0.553. The molecule has 1 fully saturated rings. The summed E-state index contributed by atoms with van der Waals surface area (Å²) in [5.74, 6) is 0. The summed E-state index contributed by atoms with van der Waals surface area (Å²) in [6.07, 6.45) is 3.65. The predicted octanol–water partition coefficient (Wildman–Crippen LogP) is 4.39. The lowest BCUT2D eigenvalue weighted by atomic mass is 10.0. The van der Waals surface area contributed by atoms with Gasteiger partial charge in [0.25, 0.3) is 0 Å². The monoisotopic (exact) mass is 330 g/mol. The van der Waals surface area contributed by atoms with Crippen LogP contribution in [0.15, 0.2) is 22.7 Å². The zero-order valence-corrected chi connectivity index (χ0v) is 13.1. The molecular formula is C14H20BrClN2. The standard InChI is InChI=1S/C14H20BrClN2/c1-2-7-18-8-5-12(6-9-18)17-14-4-3-11(15)10-13(14)16/h3-4,10,12,17H,2,5-9H2,1H3. The summed E-state index contributed by atoms with van der Waals surface area (Å²) in [5.41, 5.74) is 1.05. The summed E-state index contributed by atoms with van der Waals surface area (Å²) in [6, 6.07) is 6.57. The fourth-order valence-electron chi connectivity index (χ4n) is 2.44. The third-order valence-electron chi connectivity index (χ3n) is 3.42. The molecule has 2 rings (SSSR count). The van der Waals surface area contributed by atoms with Crippen molar-refractivity contribution in [1.29, 1.82) is 0 Å². The van der Waals surface area contributed by atoms with Gasteiger partial charge in [-0.3, -0.25) is 0 Å². The molecule has 1 aliphatic heterocycles. The van der Waals surface area contributed by atoms with Crippen LogP contribution in [0.2, 0.25) is 5.02 Å². The van der Waals surface area contributed by atoms with Gasteiger partial charge in [-0.15, -0.1) is 0 Å². The normalized spacial score (nSPS) is 17.9. The van der Waals surface area contributed by atoms with Crippen LogP contribution < -0.4 is 5.32 Å². The van der Waals surface area contributed by atoms with Crippen molar-refractivity contribution in [3.8, 4) is 0 Å². The highest BCUT2D eigenvalue weighted by Crippen LogP contribution is 2.27. The van der Waals surface area contributed by atoms with Crippen LogP contribution in [0, 0.1) is 0 Å². The van der Waals surface area contributed by atoms with Gasteiger partial charge < -0.3 is 10.2 Å². The number of hydrogen-bond donors (Lipinski definition) is 1. The molecule has 1 heterocycles. The molecule has 0 spiro atoms. The summed E-state index contributed by atoms with van der Waals surface area (Å²) in [7, 11) is 0. The second-order valence-corrected chi connectivity index (χ2v) is 6.21. The van der Waals surface area contributed by atoms with Gasteiger partial charge in [-0.05, 0) is 44.0 Å². The van der Waals surface area contributed by atoms with Crippen LogP contribution >= 0.6 is 27.5 Å². The van der Waals surface area contributed by atoms with Gasteiger partial charge in [0, 0.05) is 23.6 Å². The third kappa shape index (κ3) is 3.87. The van der Waals surface area contributed by atoms with Crippen molar-refractivity contribution in [2.75, 3.05) is 25.0 Å². The van der Waals surface area contributed by atoms with Crippen molar-refractivity contribution in [2.45, 2.75) is 32.2 Å². The van der Waals surface area contributed by atoms with Crippen molar-refractivity contribution in [3.05, 3.63) is 27.7 Å². The van der Waals surface area contributed by atoms with Gasteiger partial charge in [0.2, 0.25) is 0 Å². The van der Waals surface area contributed by atoms with E-state index in [0.717, 1.165) is 15.2 Å². The number of halogens is 2. The molecule has 0 unspecified atom stereocenters. The van der Waals surface area contributed by atoms with E-state index in [1.807, 2.05) is 18.2 Å². The van der Waals surface area contributed by atoms with Gasteiger partial charge in [-0.1, -0.05) is 34.5 Å². The van der Waals surface area contributed by atoms with Crippen LogP contribution in [-0.2, 0) is 0 Å². The van der Waals surface area contributed by atoms with Crippen LogP contribution in [0.3, 0.4) is 0 Å². The molecule has 1 aliphatic rings. The highest BCUT2D eigenvalue weighted by molar-refractivity contribution is 9.10. The Labute approximate surface area is 123 Å². The van der Waals surface area contributed by atoms with Crippen molar-refractivity contribution >= 4 is 33.2 Å². The summed E-state index contributed by atoms with van der Waals surface area (Å²) in [4.78, 5) is 2.54. The number of likely N-dealkylation sites (tertiary alicyclic amines) is 1. The number of rotatable bonds is 4. The topological polar surface area (TPSA) is 15.3 Å². The average Bonchev–Trinajstić information content (AvgIpc) is 2.35. The van der Waals surface area contributed by atoms with E-state index in [1.54, 1.807) is 0 Å². The lowest BCUT2D eigenvalue weighted by molar-refractivity contribution is 0.219. The third-order valence-corrected chi connectivity index (χ3v) is 4.22. The van der Waals surface area contributed by atoms with E-state index < -0.39 is 0 Å². The number of nitrogens with zero attached hydrogens (tertiary/aromatic N) is 1. The first-order chi connectivity index (χ1) is 8.69. The lowest BCUT2D eigenvalue weighted by Crippen LogP contribution is -2.39. The smallest absolute Gasteiger partial charge is 0.0648 e. The Bertz CT molecular complexity index is 389. The van der Waals surface area contributed by atoms with Crippen molar-refractivity contribution in [3.63, 3.8) is 0 Å². The molecule has 0 saturated carbocycles. The lowest BCUT2D eigenvalue weighted by Gasteiger charge is -2.32. The molecule has 0 atom stereocenters. The number of anilines is 1. The van der Waals surface area contributed by atoms with Gasteiger partial charge in [-0.25, -0.2) is 0 Å². The number of benzene rings is 1. The predicted molar refractivity (Wildman–Crippen MR) is 82.5 cm³/mol. The van der Waals surface area contributed by atoms with Gasteiger partial charge in [0.1, 0.15) is 0 Å². The van der Waals surface area contributed by atoms with E-state index in [1.165, 1.54) is 38.9 Å². The molecule has 2 nitrogen and oxygen atoms in total. The molecule has 1 aromatic rings. The molecule has 1 saturated heterocycles. The summed E-state index contributed by atoms with van der Waals surface area (Å²) >= 11 is 9.65. The largest absolute Gasteiger partial charge is 0.381 e. The van der Waals surface area contributed by atoms with Crippen molar-refractivity contribution < 1.29 is 0 Å². The minimum atomic E-state index is 0.553. The molecule has 0 aliphatic carbocycles. The number of piperidine rings is 1. The zero-order valence-electron chi connectivity index (χ0n) is 10.8. The maximum Gasteiger partial charge on any atom is 0.0648 e. The fourth-order valence-corrected chi connectivity index (χ4v) is 3.17. The second-order valence-electron chi connectivity index (χ2n) is 4.88. The molecule has 0 aromatic heterocycles. The minimum Gasteiger partial charge on any atom is -0.381 e. The number of nitrogens with one attached hydrogen (secondary N) is 1. The van der Waals surface area contributed by atoms with Crippen LogP contribution in [0.4, 0.5) is 5.69 Å². The highest BCUT2D eigenvalue weighted by atomic mass is 79.9. The Morgan fingerprint density at radius 2 is 2.11 bits per heavy atom. The Morgan fingerprint density at radius 1 is 1.39 bits per heavy atom. The van der Waals surface area contributed by atoms with Gasteiger partial charge in [-0.2, -0.15) is 0 Å². The first-order valence-electron chi connectivity index (χ1n) is 6.63. The Hall–Kier alpha value is -0.250. The van der Waals surface area contributed by atoms with Crippen LogP contribution in [0.1, 0.15) is 26.2 Å². The second kappa shape index (κ2) is 6.78. The molecule has 0 bridgehead atoms. The molecule has 0 amide bonds. The maximum atomic E-state index is 6.22.